The summed E-state index contributed by atoms with van der Waals surface area (Å²) in [6.45, 7) is 1.33. The number of ether oxygens (including phenoxy) is 1. The first kappa shape index (κ1) is 12.4. The van der Waals surface area contributed by atoms with E-state index in [1.807, 2.05) is 30.3 Å². The molecule has 0 aromatic heterocycles. The molecule has 2 rings (SSSR count). The molecule has 0 radical (unpaired) electrons. The standard InChI is InChI=1S/C13H19NO3/c1-17-10-13(16)7-8-14(9-12(13)15)11-5-3-2-4-6-11/h2-6,12,15-16H,7-10H2,1H3/t12-,13-/m1/s1. The minimum absolute atomic E-state index is 0.177. The van der Waals surface area contributed by atoms with Gasteiger partial charge in [0, 0.05) is 25.9 Å². The summed E-state index contributed by atoms with van der Waals surface area (Å²) in [4.78, 5) is 2.08. The molecule has 1 aromatic carbocycles. The maximum absolute atomic E-state index is 10.2. The summed E-state index contributed by atoms with van der Waals surface area (Å²) < 4.78 is 4.97. The van der Waals surface area contributed by atoms with E-state index in [-0.39, 0.29) is 6.61 Å². The van der Waals surface area contributed by atoms with Gasteiger partial charge in [0.25, 0.3) is 0 Å². The van der Waals surface area contributed by atoms with Crippen molar-refractivity contribution in [2.75, 3.05) is 31.7 Å². The Hall–Kier alpha value is -1.10. The molecule has 94 valence electrons. The van der Waals surface area contributed by atoms with Crippen molar-refractivity contribution in [1.82, 2.24) is 0 Å². The van der Waals surface area contributed by atoms with E-state index >= 15 is 0 Å². The third-order valence-corrected chi connectivity index (χ3v) is 3.34. The van der Waals surface area contributed by atoms with Gasteiger partial charge < -0.3 is 19.8 Å². The number of nitrogens with zero attached hydrogens (tertiary/aromatic N) is 1. The van der Waals surface area contributed by atoms with Crippen molar-refractivity contribution >= 4 is 5.69 Å². The molecule has 0 unspecified atom stereocenters. The maximum atomic E-state index is 10.2. The molecular formula is C13H19NO3. The van der Waals surface area contributed by atoms with E-state index < -0.39 is 11.7 Å². The van der Waals surface area contributed by atoms with Crippen LogP contribution in [0.25, 0.3) is 0 Å². The first-order valence-corrected chi connectivity index (χ1v) is 5.85. The lowest BCUT2D eigenvalue weighted by atomic mass is 9.89. The molecule has 1 aliphatic heterocycles. The lowest BCUT2D eigenvalue weighted by Gasteiger charge is -2.42. The fourth-order valence-corrected chi connectivity index (χ4v) is 2.26. The molecule has 4 heteroatoms. The van der Waals surface area contributed by atoms with E-state index in [4.69, 9.17) is 4.74 Å². The summed E-state index contributed by atoms with van der Waals surface area (Å²) in [5.41, 5.74) is -0.0361. The van der Waals surface area contributed by atoms with Crippen molar-refractivity contribution < 1.29 is 14.9 Å². The number of piperidine rings is 1. The monoisotopic (exact) mass is 237 g/mol. The van der Waals surface area contributed by atoms with Crippen LogP contribution in [0.1, 0.15) is 6.42 Å². The molecule has 2 atom stereocenters. The molecule has 1 aromatic rings. The zero-order valence-electron chi connectivity index (χ0n) is 10.0. The molecule has 0 amide bonds. The predicted molar refractivity (Wildman–Crippen MR) is 66.1 cm³/mol. The Morgan fingerprint density at radius 3 is 2.71 bits per heavy atom. The zero-order chi connectivity index (χ0) is 12.3. The van der Waals surface area contributed by atoms with Crippen LogP contribution in [-0.4, -0.2) is 48.7 Å². The Labute approximate surface area is 101 Å². The molecule has 0 saturated carbocycles. The Bertz CT molecular complexity index is 357. The molecule has 4 nitrogen and oxygen atoms in total. The van der Waals surface area contributed by atoms with Gasteiger partial charge in [-0.1, -0.05) is 18.2 Å². The van der Waals surface area contributed by atoms with Crippen molar-refractivity contribution in [3.05, 3.63) is 30.3 Å². The molecule has 1 fully saturated rings. The lowest BCUT2D eigenvalue weighted by Crippen LogP contribution is -2.57. The van der Waals surface area contributed by atoms with E-state index in [0.717, 1.165) is 12.2 Å². The van der Waals surface area contributed by atoms with Gasteiger partial charge in [-0.15, -0.1) is 0 Å². The summed E-state index contributed by atoms with van der Waals surface area (Å²) in [6.07, 6.45) is -0.270. The molecule has 1 aliphatic rings. The van der Waals surface area contributed by atoms with Crippen LogP contribution in [-0.2, 0) is 4.74 Å². The fraction of sp³-hybridized carbons (Fsp3) is 0.538. The first-order valence-electron chi connectivity index (χ1n) is 5.85. The number of para-hydroxylation sites is 1. The van der Waals surface area contributed by atoms with Gasteiger partial charge in [-0.3, -0.25) is 0 Å². The van der Waals surface area contributed by atoms with Gasteiger partial charge in [-0.05, 0) is 18.6 Å². The number of hydrogen-bond donors (Lipinski definition) is 2. The van der Waals surface area contributed by atoms with Crippen molar-refractivity contribution in [1.29, 1.82) is 0 Å². The molecule has 0 aliphatic carbocycles. The third kappa shape index (κ3) is 2.60. The number of hydrogen-bond acceptors (Lipinski definition) is 4. The lowest BCUT2D eigenvalue weighted by molar-refractivity contribution is -0.122. The van der Waals surface area contributed by atoms with Crippen LogP contribution in [0, 0.1) is 0 Å². The molecular weight excluding hydrogens is 218 g/mol. The number of β-amino-alcohol motifs (C(OH)–C–C–N with tert-alkyl or cyclic N) is 1. The Morgan fingerprint density at radius 2 is 2.12 bits per heavy atom. The molecule has 1 saturated heterocycles. The van der Waals surface area contributed by atoms with Crippen LogP contribution < -0.4 is 4.90 Å². The van der Waals surface area contributed by atoms with E-state index in [2.05, 4.69) is 4.90 Å². The second-order valence-corrected chi connectivity index (χ2v) is 4.58. The second kappa shape index (κ2) is 5.04. The van der Waals surface area contributed by atoms with Gasteiger partial charge in [0.15, 0.2) is 0 Å². The van der Waals surface area contributed by atoms with Crippen molar-refractivity contribution in [3.8, 4) is 0 Å². The summed E-state index contributed by atoms with van der Waals surface area (Å²) in [6, 6.07) is 9.92. The van der Waals surface area contributed by atoms with Crippen molar-refractivity contribution in [2.45, 2.75) is 18.1 Å². The molecule has 0 spiro atoms. The average molecular weight is 237 g/mol. The molecule has 0 bridgehead atoms. The van der Waals surface area contributed by atoms with Crippen LogP contribution in [0.3, 0.4) is 0 Å². The van der Waals surface area contributed by atoms with E-state index in [9.17, 15) is 10.2 Å². The summed E-state index contributed by atoms with van der Waals surface area (Å²) in [5, 5.41) is 20.2. The molecule has 17 heavy (non-hydrogen) atoms. The van der Waals surface area contributed by atoms with Gasteiger partial charge in [0.05, 0.1) is 6.61 Å². The quantitative estimate of drug-likeness (QED) is 0.810. The van der Waals surface area contributed by atoms with Crippen LogP contribution in [0.15, 0.2) is 30.3 Å². The maximum Gasteiger partial charge on any atom is 0.117 e. The summed E-state index contributed by atoms with van der Waals surface area (Å²) in [7, 11) is 1.54. The number of anilines is 1. The van der Waals surface area contributed by atoms with E-state index in [0.29, 0.717) is 13.0 Å². The number of aliphatic hydroxyl groups excluding tert-OH is 1. The number of benzene rings is 1. The highest BCUT2D eigenvalue weighted by atomic mass is 16.5. The highest BCUT2D eigenvalue weighted by Gasteiger charge is 2.40. The summed E-state index contributed by atoms with van der Waals surface area (Å²) >= 11 is 0. The average Bonchev–Trinajstić information content (AvgIpc) is 2.34. The third-order valence-electron chi connectivity index (χ3n) is 3.34. The van der Waals surface area contributed by atoms with Crippen LogP contribution in [0.2, 0.25) is 0 Å². The Morgan fingerprint density at radius 1 is 1.41 bits per heavy atom. The van der Waals surface area contributed by atoms with Crippen LogP contribution >= 0.6 is 0 Å². The SMILES string of the molecule is COC[C@]1(O)CCN(c2ccccc2)C[C@H]1O. The van der Waals surface area contributed by atoms with Gasteiger partial charge in [-0.25, -0.2) is 0 Å². The second-order valence-electron chi connectivity index (χ2n) is 4.58. The molecule has 1 heterocycles. The van der Waals surface area contributed by atoms with Gasteiger partial charge in [0.1, 0.15) is 11.7 Å². The van der Waals surface area contributed by atoms with Crippen LogP contribution in [0.4, 0.5) is 5.69 Å². The number of rotatable bonds is 3. The normalized spacial score (nSPS) is 29.4. The largest absolute Gasteiger partial charge is 0.388 e. The van der Waals surface area contributed by atoms with Gasteiger partial charge >= 0.3 is 0 Å². The van der Waals surface area contributed by atoms with Gasteiger partial charge in [-0.2, -0.15) is 0 Å². The Balaban J connectivity index is 2.05. The number of aliphatic hydroxyl groups is 2. The predicted octanol–water partition coefficient (Wildman–Crippen LogP) is 0.635. The smallest absolute Gasteiger partial charge is 0.117 e. The first-order chi connectivity index (χ1) is 8.15. The fourth-order valence-electron chi connectivity index (χ4n) is 2.26. The van der Waals surface area contributed by atoms with Crippen molar-refractivity contribution in [3.63, 3.8) is 0 Å². The highest BCUT2D eigenvalue weighted by Crippen LogP contribution is 2.26. The number of methoxy groups -OCH3 is 1. The minimum Gasteiger partial charge on any atom is -0.388 e. The van der Waals surface area contributed by atoms with Gasteiger partial charge in [0.2, 0.25) is 0 Å². The highest BCUT2D eigenvalue weighted by molar-refractivity contribution is 5.46. The topological polar surface area (TPSA) is 52.9 Å². The minimum atomic E-state index is -1.11. The van der Waals surface area contributed by atoms with E-state index in [1.165, 1.54) is 7.11 Å². The molecule has 2 N–H and O–H groups in total. The van der Waals surface area contributed by atoms with E-state index in [1.54, 1.807) is 0 Å². The van der Waals surface area contributed by atoms with Crippen molar-refractivity contribution in [2.24, 2.45) is 0 Å². The van der Waals surface area contributed by atoms with Crippen LogP contribution in [0.5, 0.6) is 0 Å². The Kier molecular flexibility index (Phi) is 3.66. The zero-order valence-corrected chi connectivity index (χ0v) is 10.0. The summed E-state index contributed by atoms with van der Waals surface area (Å²) in [5.74, 6) is 0.